The molecular formula is C91H168Br4S5. The van der Waals surface area contributed by atoms with Crippen LogP contribution in [0.4, 0.5) is 0 Å². The second-order valence-corrected chi connectivity index (χ2v) is 54.0. The highest BCUT2D eigenvalue weighted by Gasteiger charge is 2.36. The highest BCUT2D eigenvalue weighted by molar-refractivity contribution is 9.12. The van der Waals surface area contributed by atoms with E-state index in [1.807, 2.05) is 22.7 Å². The van der Waals surface area contributed by atoms with Gasteiger partial charge in [0.2, 0.25) is 0 Å². The van der Waals surface area contributed by atoms with E-state index >= 15 is 0 Å². The zero-order valence-electron chi connectivity index (χ0n) is 75.0. The zero-order chi connectivity index (χ0) is 81.3. The molecule has 5 rings (SSSR count). The Hall–Kier alpha value is 0.160. The average Bonchev–Trinajstić information content (AvgIpc) is 1.29. The molecule has 0 atom stereocenters. The van der Waals surface area contributed by atoms with Crippen molar-refractivity contribution < 1.29 is 0 Å². The second-order valence-electron chi connectivity index (χ2n) is 43.5. The molecule has 0 unspecified atom stereocenters. The van der Waals surface area contributed by atoms with Crippen LogP contribution >= 0.6 is 120 Å². The molecule has 0 amide bonds. The Kier molecular flexibility index (Phi) is 54.0. The molecule has 0 aliphatic heterocycles. The number of aryl methyl sites for hydroxylation is 1. The quantitative estimate of drug-likeness (QED) is 0.159. The Bertz CT molecular complexity index is 2700. The first-order valence-corrected chi connectivity index (χ1v) is 44.9. The Labute approximate surface area is 683 Å². The number of rotatable bonds is 6. The van der Waals surface area contributed by atoms with Gasteiger partial charge in [-0.1, -0.05) is 350 Å². The summed E-state index contributed by atoms with van der Waals surface area (Å²) in [6.45, 7) is 106. The summed E-state index contributed by atoms with van der Waals surface area (Å²) in [7, 11) is 0. The minimum Gasteiger partial charge on any atom is -0.152 e. The van der Waals surface area contributed by atoms with Gasteiger partial charge in [0.15, 0.2) is 0 Å². The van der Waals surface area contributed by atoms with Crippen molar-refractivity contribution in [2.75, 3.05) is 0 Å². The van der Waals surface area contributed by atoms with Gasteiger partial charge in [-0.15, -0.1) is 45.3 Å². The molecule has 5 aromatic rings. The molecule has 590 valence electrons. The smallest absolute Gasteiger partial charge is 0.0773 e. The normalized spacial score (nSPS) is 12.6. The minimum atomic E-state index is 0.237. The maximum Gasteiger partial charge on any atom is 0.0773 e. The molecular weight excluding hydrogens is 1570 g/mol. The summed E-state index contributed by atoms with van der Waals surface area (Å²) in [5.41, 5.74) is 9.36. The molecule has 0 aliphatic carbocycles. The summed E-state index contributed by atoms with van der Waals surface area (Å²) >= 11 is 22.9. The number of hydrogen-bond donors (Lipinski definition) is 0. The molecule has 0 aliphatic rings. The van der Waals surface area contributed by atoms with Crippen LogP contribution in [-0.2, 0) is 21.7 Å². The van der Waals surface area contributed by atoms with Crippen molar-refractivity contribution in [2.45, 2.75) is 386 Å². The van der Waals surface area contributed by atoms with Gasteiger partial charge in [0.05, 0.1) is 15.1 Å². The van der Waals surface area contributed by atoms with Gasteiger partial charge in [0.25, 0.3) is 0 Å². The summed E-state index contributed by atoms with van der Waals surface area (Å²) < 4.78 is 4.87. The van der Waals surface area contributed by atoms with Crippen molar-refractivity contribution in [3.8, 4) is 0 Å². The van der Waals surface area contributed by atoms with E-state index in [9.17, 15) is 0 Å². The lowest BCUT2D eigenvalue weighted by molar-refractivity contribution is 0.0743. The Balaban J connectivity index is -0.000000245. The number of halogens is 4. The van der Waals surface area contributed by atoms with Crippen LogP contribution in [0, 0.1) is 73.4 Å². The van der Waals surface area contributed by atoms with Gasteiger partial charge in [0.1, 0.15) is 0 Å². The molecule has 0 bridgehead atoms. The van der Waals surface area contributed by atoms with Crippen molar-refractivity contribution in [2.24, 2.45) is 66.5 Å². The predicted molar refractivity (Wildman–Crippen MR) is 494 cm³/mol. The molecule has 0 radical (unpaired) electrons. The van der Waals surface area contributed by atoms with Crippen LogP contribution in [0.2, 0.25) is 0 Å². The Morgan fingerprint density at radius 1 is 0.430 bits per heavy atom. The van der Waals surface area contributed by atoms with Crippen molar-refractivity contribution in [3.05, 3.63) is 111 Å². The molecule has 0 saturated carbocycles. The van der Waals surface area contributed by atoms with E-state index in [-0.39, 0.29) is 10.8 Å². The SMILES string of the molecule is CC(C)(C)C.CC(C)(C)CC(C)(C)C.CC(C)(C)CC(C)(C)C(C)(C)C.CC(C)(C)c1cc(Br)sc1Br.CC(C)(C)c1ccc(Br)s1.CC(C)(C)c1cccs1.CC(C)(C)c1ccsc1.CC(C)C.CC(C)CC(C)(C)C.CC(C)CCCC(C)(C)C.Cc1cc(/C=C/C(C)(C)C)c(Br)s1. The van der Waals surface area contributed by atoms with E-state index in [1.54, 1.807) is 34.0 Å². The van der Waals surface area contributed by atoms with E-state index in [1.165, 1.54) is 85.0 Å². The van der Waals surface area contributed by atoms with E-state index in [4.69, 9.17) is 0 Å². The molecule has 100 heavy (non-hydrogen) atoms. The highest BCUT2D eigenvalue weighted by atomic mass is 79.9. The van der Waals surface area contributed by atoms with Crippen LogP contribution in [0.25, 0.3) is 6.08 Å². The minimum absolute atomic E-state index is 0.237. The van der Waals surface area contributed by atoms with Gasteiger partial charge in [0, 0.05) is 14.6 Å². The number of allylic oxidation sites excluding steroid dienone is 1. The highest BCUT2D eigenvalue weighted by Crippen LogP contribution is 2.46. The van der Waals surface area contributed by atoms with E-state index in [0.717, 1.165) is 17.8 Å². The van der Waals surface area contributed by atoms with Gasteiger partial charge >= 0.3 is 0 Å². The predicted octanol–water partition coefficient (Wildman–Crippen LogP) is 38.0. The lowest BCUT2D eigenvalue weighted by Crippen LogP contribution is -2.33. The first kappa shape index (κ1) is 111. The molecule has 0 N–H and O–H groups in total. The van der Waals surface area contributed by atoms with Crippen molar-refractivity contribution in [3.63, 3.8) is 0 Å². The monoisotopic (exact) mass is 1740 g/mol. The zero-order valence-corrected chi connectivity index (χ0v) is 85.4. The fourth-order valence-electron chi connectivity index (χ4n) is 9.37. The van der Waals surface area contributed by atoms with Gasteiger partial charge in [-0.05, 0) is 254 Å². The van der Waals surface area contributed by atoms with E-state index in [2.05, 4.69) is 460 Å². The van der Waals surface area contributed by atoms with Crippen LogP contribution in [0.1, 0.15) is 388 Å². The largest absolute Gasteiger partial charge is 0.152 e. The summed E-state index contributed by atoms with van der Waals surface area (Å²) in [6, 6.07) is 15.1. The molecule has 5 heterocycles. The second kappa shape index (κ2) is 48.6. The first-order chi connectivity index (χ1) is 43.7. The van der Waals surface area contributed by atoms with Crippen LogP contribution in [0.5, 0.6) is 0 Å². The maximum atomic E-state index is 3.55. The van der Waals surface area contributed by atoms with Gasteiger partial charge in [-0.2, -0.15) is 11.3 Å². The molecule has 5 aromatic heterocycles. The molecule has 0 spiro atoms. The lowest BCUT2D eigenvalue weighted by Gasteiger charge is -2.43. The molecule has 0 fully saturated rings. The average molecular weight is 1740 g/mol. The summed E-state index contributed by atoms with van der Waals surface area (Å²) in [6.07, 6.45) is 12.5. The summed E-state index contributed by atoms with van der Waals surface area (Å²) in [5.74, 6) is 2.55. The van der Waals surface area contributed by atoms with Gasteiger partial charge in [-0.3, -0.25) is 0 Å². The third kappa shape index (κ3) is 76.4. The maximum absolute atomic E-state index is 3.55. The fraction of sp³-hybridized carbons (Fsp3) is 0.758. The molecule has 9 heteroatoms. The fourth-order valence-corrected chi connectivity index (χ4v) is 17.7. The van der Waals surface area contributed by atoms with Crippen LogP contribution in [0.15, 0.2) is 79.8 Å². The number of thiophene rings is 5. The van der Waals surface area contributed by atoms with Crippen molar-refractivity contribution in [1.29, 1.82) is 0 Å². The third-order valence-electron chi connectivity index (χ3n) is 13.8. The molecule has 0 aromatic carbocycles. The summed E-state index contributed by atoms with van der Waals surface area (Å²) in [5, 5.41) is 6.46. The Morgan fingerprint density at radius 2 is 0.870 bits per heavy atom. The number of hydrogen-bond acceptors (Lipinski definition) is 5. The van der Waals surface area contributed by atoms with E-state index < -0.39 is 0 Å². The molecule has 0 nitrogen and oxygen atoms in total. The third-order valence-corrected chi connectivity index (χ3v) is 22.0. The van der Waals surface area contributed by atoms with E-state index in [0.29, 0.717) is 59.6 Å². The summed E-state index contributed by atoms with van der Waals surface area (Å²) in [4.78, 5) is 4.24. The lowest BCUT2D eigenvalue weighted by atomic mass is 9.63. The van der Waals surface area contributed by atoms with Crippen molar-refractivity contribution >= 4 is 126 Å². The topological polar surface area (TPSA) is 0 Å². The van der Waals surface area contributed by atoms with Crippen molar-refractivity contribution in [1.82, 2.24) is 0 Å². The standard InChI is InChI=1S/C12H26.C11H15BrS.C10H22.C9H20.C8H10Br2S.C8H11BrS.2C8H12S.C8H18.C5H12.C4H10/c1-10(2,3)9-12(7,8)11(4,5)6;1-8-7-9(10(12)13-8)5-6-11(2,3)4;1-9(2)7-6-8-10(3,4)5;1-8(2,3)7-9(4,5)6;1-8(2,3)5-4-6(9)11-7(5)10;1-8(2,3)6-4-5-7(9)10-6;1-8(2,3)7-4-5-9-6-7;1-8(2,3)7-5-4-6-9-7;1-7(2)6-8(3,4)5;1-5(2,3)4;1-4(2)3/h9H2,1-8H3;5-7H,1-4H3;9H,6-8H2,1-5H3;7H2,1-6H3;4H,1-3H3;4-5H,1-3H3;2*4-6H,1-3H3;7H,6H2,1-5H3;1-4H3;4H,1-3H3/b;6-5+;;;;;;;;;. The Morgan fingerprint density at radius 3 is 1.04 bits per heavy atom. The van der Waals surface area contributed by atoms with Crippen LogP contribution in [0.3, 0.4) is 0 Å². The first-order valence-electron chi connectivity index (χ1n) is 37.5. The van der Waals surface area contributed by atoms with Crippen LogP contribution in [-0.4, -0.2) is 0 Å². The van der Waals surface area contributed by atoms with Crippen LogP contribution < -0.4 is 0 Å². The van der Waals surface area contributed by atoms with Gasteiger partial charge in [-0.25, -0.2) is 0 Å². The van der Waals surface area contributed by atoms with Gasteiger partial charge < -0.3 is 0 Å². The molecule has 0 saturated heterocycles.